The van der Waals surface area contributed by atoms with E-state index < -0.39 is 0 Å². The molecule has 0 fully saturated rings. The summed E-state index contributed by atoms with van der Waals surface area (Å²) in [6, 6.07) is 12.5. The monoisotopic (exact) mass is 327 g/mol. The highest BCUT2D eigenvalue weighted by atomic mass is 35.5. The number of rotatable bonds is 5. The second kappa shape index (κ2) is 6.54. The van der Waals surface area contributed by atoms with Gasteiger partial charge in [0.2, 0.25) is 0 Å². The predicted molar refractivity (Wildman–Crippen MR) is 88.8 cm³/mol. The molecule has 0 aliphatic carbocycles. The maximum atomic E-state index is 12.1. The SMILES string of the molecule is C=CCNC(=O)c1cc(-c2ccco2)n(-c2cccc(Cl)c2)n1. The van der Waals surface area contributed by atoms with Crippen LogP contribution in [0.4, 0.5) is 0 Å². The van der Waals surface area contributed by atoms with Gasteiger partial charge in [-0.2, -0.15) is 5.10 Å². The zero-order chi connectivity index (χ0) is 16.2. The third kappa shape index (κ3) is 3.19. The molecule has 1 amide bonds. The Bertz CT molecular complexity index is 837. The van der Waals surface area contributed by atoms with E-state index >= 15 is 0 Å². The fourth-order valence-corrected chi connectivity index (χ4v) is 2.34. The summed E-state index contributed by atoms with van der Waals surface area (Å²) in [7, 11) is 0. The lowest BCUT2D eigenvalue weighted by Crippen LogP contribution is -2.23. The summed E-state index contributed by atoms with van der Waals surface area (Å²) in [6.45, 7) is 3.95. The highest BCUT2D eigenvalue weighted by molar-refractivity contribution is 6.30. The van der Waals surface area contributed by atoms with Gasteiger partial charge in [0.05, 0.1) is 12.0 Å². The number of aromatic nitrogens is 2. The molecule has 0 radical (unpaired) electrons. The van der Waals surface area contributed by atoms with E-state index in [0.717, 1.165) is 5.69 Å². The number of furan rings is 1. The van der Waals surface area contributed by atoms with Crippen molar-refractivity contribution in [3.05, 3.63) is 72.1 Å². The lowest BCUT2D eigenvalue weighted by molar-refractivity contribution is 0.0952. The smallest absolute Gasteiger partial charge is 0.272 e. The summed E-state index contributed by atoms with van der Waals surface area (Å²) < 4.78 is 7.08. The standard InChI is InChI=1S/C17H14ClN3O2/c1-2-8-19-17(22)14-11-15(16-7-4-9-23-16)21(20-14)13-6-3-5-12(18)10-13/h2-7,9-11H,1,8H2,(H,19,22). The van der Waals surface area contributed by atoms with Crippen LogP contribution in [0, 0.1) is 0 Å². The average Bonchev–Trinajstić information content (AvgIpc) is 3.21. The first-order chi connectivity index (χ1) is 11.2. The zero-order valence-electron chi connectivity index (χ0n) is 12.2. The van der Waals surface area contributed by atoms with E-state index in [1.165, 1.54) is 0 Å². The molecule has 0 unspecified atom stereocenters. The van der Waals surface area contributed by atoms with E-state index in [1.807, 2.05) is 18.2 Å². The maximum absolute atomic E-state index is 12.1. The topological polar surface area (TPSA) is 60.1 Å². The van der Waals surface area contributed by atoms with Gasteiger partial charge in [-0.15, -0.1) is 6.58 Å². The number of benzene rings is 1. The molecule has 2 aromatic heterocycles. The number of nitrogens with zero attached hydrogens (tertiary/aromatic N) is 2. The lowest BCUT2D eigenvalue weighted by Gasteiger charge is -2.05. The number of amides is 1. The minimum absolute atomic E-state index is 0.279. The van der Waals surface area contributed by atoms with Gasteiger partial charge < -0.3 is 9.73 Å². The second-order valence-electron chi connectivity index (χ2n) is 4.78. The van der Waals surface area contributed by atoms with Gasteiger partial charge in [-0.25, -0.2) is 4.68 Å². The molecule has 23 heavy (non-hydrogen) atoms. The molecule has 6 heteroatoms. The molecule has 0 bridgehead atoms. The van der Waals surface area contributed by atoms with Crippen LogP contribution in [0.3, 0.4) is 0 Å². The van der Waals surface area contributed by atoms with Gasteiger partial charge in [-0.05, 0) is 30.3 Å². The van der Waals surface area contributed by atoms with Gasteiger partial charge in [0.15, 0.2) is 11.5 Å². The van der Waals surface area contributed by atoms with Crippen LogP contribution in [0.1, 0.15) is 10.5 Å². The van der Waals surface area contributed by atoms with Crippen molar-refractivity contribution in [3.8, 4) is 17.1 Å². The van der Waals surface area contributed by atoms with Gasteiger partial charge in [0, 0.05) is 17.6 Å². The highest BCUT2D eigenvalue weighted by Gasteiger charge is 2.18. The summed E-state index contributed by atoms with van der Waals surface area (Å²) in [5, 5.41) is 7.67. The minimum Gasteiger partial charge on any atom is -0.463 e. The van der Waals surface area contributed by atoms with Gasteiger partial charge in [0.25, 0.3) is 5.91 Å². The summed E-state index contributed by atoms with van der Waals surface area (Å²) >= 11 is 6.05. The molecule has 0 saturated heterocycles. The van der Waals surface area contributed by atoms with E-state index in [2.05, 4.69) is 17.0 Å². The predicted octanol–water partition coefficient (Wildman–Crippen LogP) is 3.70. The number of nitrogens with one attached hydrogen (secondary N) is 1. The summed E-state index contributed by atoms with van der Waals surface area (Å²) in [4.78, 5) is 12.1. The Kier molecular flexibility index (Phi) is 4.30. The summed E-state index contributed by atoms with van der Waals surface area (Å²) in [5.74, 6) is 0.332. The fourth-order valence-electron chi connectivity index (χ4n) is 2.15. The van der Waals surface area contributed by atoms with E-state index in [-0.39, 0.29) is 5.91 Å². The van der Waals surface area contributed by atoms with Crippen LogP contribution in [-0.2, 0) is 0 Å². The molecule has 0 spiro atoms. The Morgan fingerprint density at radius 3 is 2.91 bits per heavy atom. The fraction of sp³-hybridized carbons (Fsp3) is 0.0588. The van der Waals surface area contributed by atoms with Gasteiger partial charge in [-0.3, -0.25) is 4.79 Å². The van der Waals surface area contributed by atoms with Crippen molar-refractivity contribution >= 4 is 17.5 Å². The first kappa shape index (κ1) is 15.1. The molecule has 0 aliphatic heterocycles. The molecule has 3 rings (SSSR count). The van der Waals surface area contributed by atoms with Crippen molar-refractivity contribution in [2.24, 2.45) is 0 Å². The number of carbonyl (C=O) groups is 1. The van der Waals surface area contributed by atoms with Gasteiger partial charge in [-0.1, -0.05) is 23.7 Å². The van der Waals surface area contributed by atoms with Crippen LogP contribution >= 0.6 is 11.6 Å². The first-order valence-corrected chi connectivity index (χ1v) is 7.36. The Morgan fingerprint density at radius 1 is 1.35 bits per heavy atom. The lowest BCUT2D eigenvalue weighted by atomic mass is 10.2. The molecule has 0 atom stereocenters. The van der Waals surface area contributed by atoms with E-state index in [1.54, 1.807) is 41.3 Å². The molecule has 3 aromatic rings. The first-order valence-electron chi connectivity index (χ1n) is 6.98. The Balaban J connectivity index is 2.08. The van der Waals surface area contributed by atoms with Gasteiger partial charge in [0.1, 0.15) is 5.69 Å². The van der Waals surface area contributed by atoms with Crippen molar-refractivity contribution in [1.82, 2.24) is 15.1 Å². The van der Waals surface area contributed by atoms with Crippen LogP contribution in [0.25, 0.3) is 17.1 Å². The molecule has 5 nitrogen and oxygen atoms in total. The molecule has 0 saturated carbocycles. The second-order valence-corrected chi connectivity index (χ2v) is 5.22. The molecule has 1 N–H and O–H groups in total. The average molecular weight is 328 g/mol. The third-order valence-corrected chi connectivity index (χ3v) is 3.41. The third-order valence-electron chi connectivity index (χ3n) is 3.18. The van der Waals surface area contributed by atoms with Crippen molar-refractivity contribution in [2.45, 2.75) is 0 Å². The Labute approximate surface area is 138 Å². The normalized spacial score (nSPS) is 10.5. The van der Waals surface area contributed by atoms with E-state index in [4.69, 9.17) is 16.0 Å². The van der Waals surface area contributed by atoms with E-state index in [0.29, 0.717) is 28.7 Å². The Morgan fingerprint density at radius 2 is 2.22 bits per heavy atom. The quantitative estimate of drug-likeness (QED) is 0.727. The van der Waals surface area contributed by atoms with Crippen LogP contribution in [0.15, 0.2) is 65.8 Å². The largest absolute Gasteiger partial charge is 0.463 e. The van der Waals surface area contributed by atoms with Gasteiger partial charge >= 0.3 is 0 Å². The zero-order valence-corrected chi connectivity index (χ0v) is 13.0. The molecule has 0 aliphatic rings. The van der Waals surface area contributed by atoms with Crippen molar-refractivity contribution in [1.29, 1.82) is 0 Å². The molecular formula is C17H14ClN3O2. The van der Waals surface area contributed by atoms with Crippen molar-refractivity contribution in [2.75, 3.05) is 6.54 Å². The number of carbonyl (C=O) groups excluding carboxylic acids is 1. The van der Waals surface area contributed by atoms with Crippen LogP contribution in [0.2, 0.25) is 5.02 Å². The molecule has 2 heterocycles. The number of hydrogen-bond donors (Lipinski definition) is 1. The molecule has 116 valence electrons. The molecular weight excluding hydrogens is 314 g/mol. The van der Waals surface area contributed by atoms with Crippen LogP contribution < -0.4 is 5.32 Å². The van der Waals surface area contributed by atoms with Crippen molar-refractivity contribution in [3.63, 3.8) is 0 Å². The number of halogens is 1. The molecule has 1 aromatic carbocycles. The van der Waals surface area contributed by atoms with Crippen LogP contribution in [-0.4, -0.2) is 22.2 Å². The van der Waals surface area contributed by atoms with Crippen LogP contribution in [0.5, 0.6) is 0 Å². The highest BCUT2D eigenvalue weighted by Crippen LogP contribution is 2.25. The minimum atomic E-state index is -0.279. The summed E-state index contributed by atoms with van der Waals surface area (Å²) in [6.07, 6.45) is 3.18. The van der Waals surface area contributed by atoms with E-state index in [9.17, 15) is 4.79 Å². The Hall–Kier alpha value is -2.79. The maximum Gasteiger partial charge on any atom is 0.272 e. The number of hydrogen-bond acceptors (Lipinski definition) is 3. The summed E-state index contributed by atoms with van der Waals surface area (Å²) in [5.41, 5.74) is 1.70. The van der Waals surface area contributed by atoms with Crippen molar-refractivity contribution < 1.29 is 9.21 Å².